The Morgan fingerprint density at radius 1 is 1.07 bits per heavy atom. The number of aliphatic hydroxyl groups is 1. The van der Waals surface area contributed by atoms with E-state index in [4.69, 9.17) is 18.5 Å². The lowest BCUT2D eigenvalue weighted by Crippen LogP contribution is -2.54. The van der Waals surface area contributed by atoms with Crippen LogP contribution in [0.3, 0.4) is 0 Å². The molecule has 1 aromatic carbocycles. The van der Waals surface area contributed by atoms with Crippen LogP contribution in [0.15, 0.2) is 42.9 Å². The first kappa shape index (κ1) is 36.7. The van der Waals surface area contributed by atoms with Crippen molar-refractivity contribution in [3.63, 3.8) is 0 Å². The minimum atomic E-state index is -3.98. The van der Waals surface area contributed by atoms with Crippen molar-refractivity contribution in [2.45, 2.75) is 116 Å². The lowest BCUT2D eigenvalue weighted by molar-refractivity contribution is -0.124. The second kappa shape index (κ2) is 17.8. The molecule has 1 heterocycles. The molecule has 0 saturated heterocycles. The number of hydrogen-bond acceptors (Lipinski definition) is 9. The third-order valence-corrected chi connectivity index (χ3v) is 9.75. The fourth-order valence-electron chi connectivity index (χ4n) is 5.43. The van der Waals surface area contributed by atoms with Gasteiger partial charge >= 0.3 is 13.7 Å². The Balaban J connectivity index is 1.82. The van der Waals surface area contributed by atoms with Gasteiger partial charge in [0.2, 0.25) is 5.91 Å². The molecule has 0 radical (unpaired) electrons. The maximum Gasteiger partial charge on any atom is 0.408 e. The van der Waals surface area contributed by atoms with Crippen molar-refractivity contribution in [3.05, 3.63) is 54.1 Å². The van der Waals surface area contributed by atoms with E-state index >= 15 is 0 Å². The number of amides is 2. The molecule has 0 aliphatic heterocycles. The van der Waals surface area contributed by atoms with E-state index in [1.54, 1.807) is 51.7 Å². The van der Waals surface area contributed by atoms with Crippen LogP contribution in [0.25, 0.3) is 0 Å². The fourth-order valence-corrected chi connectivity index (χ4v) is 7.17. The zero-order chi connectivity index (χ0) is 32.9. The van der Waals surface area contributed by atoms with E-state index in [1.807, 2.05) is 30.3 Å². The zero-order valence-electron chi connectivity index (χ0n) is 27.3. The third kappa shape index (κ3) is 12.2. The average molecular weight is 651 g/mol. The van der Waals surface area contributed by atoms with Crippen molar-refractivity contribution in [3.8, 4) is 0 Å². The van der Waals surface area contributed by atoms with E-state index in [0.717, 1.165) is 37.7 Å². The van der Waals surface area contributed by atoms with Crippen LogP contribution in [0.5, 0.6) is 0 Å². The first-order valence-corrected chi connectivity index (χ1v) is 17.5. The standard InChI is InChI=1S/C32H51N4O8P/c1-6-42-45(40,43-7-2)30(38)28(18-24-14-10-8-11-15-24)34-29(37)27(35-31(39)44-32(3,4)5)19-26-20-33-22-36(26)23-41-21-25-16-12-9-13-17-25/h9,12-13,16-17,20,22,24,27-28,30,38H,6-8,10-11,14-15,18-19,21,23H2,1-5H3,(H,34,37)(H,35,39)/t27-,28-,30?/m0/s1. The number of alkyl carbamates (subject to hydrolysis) is 1. The highest BCUT2D eigenvalue weighted by molar-refractivity contribution is 7.54. The van der Waals surface area contributed by atoms with Crippen molar-refractivity contribution < 1.29 is 37.8 Å². The highest BCUT2D eigenvalue weighted by Crippen LogP contribution is 2.54. The van der Waals surface area contributed by atoms with Crippen molar-refractivity contribution in [2.24, 2.45) is 5.92 Å². The SMILES string of the molecule is CCOP(=O)(OCC)C(O)[C@H](CC1CCCCC1)NC(=O)[C@H](Cc1cncn1COCc1ccccc1)NC(=O)OC(C)(C)C. The van der Waals surface area contributed by atoms with E-state index < -0.39 is 43.1 Å². The number of nitrogens with zero attached hydrogens (tertiary/aromatic N) is 2. The summed E-state index contributed by atoms with van der Waals surface area (Å²) in [5.41, 5.74) is 0.861. The summed E-state index contributed by atoms with van der Waals surface area (Å²) in [6.07, 6.45) is 7.99. The molecule has 2 amide bonds. The molecule has 45 heavy (non-hydrogen) atoms. The topological polar surface area (TPSA) is 150 Å². The van der Waals surface area contributed by atoms with Crippen LogP contribution in [-0.4, -0.2) is 63.4 Å². The van der Waals surface area contributed by atoms with Gasteiger partial charge in [0, 0.05) is 18.3 Å². The largest absolute Gasteiger partial charge is 0.444 e. The molecule has 1 fully saturated rings. The van der Waals surface area contributed by atoms with Crippen LogP contribution in [0.2, 0.25) is 0 Å². The Labute approximate surface area is 267 Å². The number of hydrogen-bond donors (Lipinski definition) is 3. The number of aromatic nitrogens is 2. The summed E-state index contributed by atoms with van der Waals surface area (Å²) in [7, 11) is -3.98. The van der Waals surface area contributed by atoms with Gasteiger partial charge in [-0.15, -0.1) is 0 Å². The Bertz CT molecular complexity index is 1220. The minimum absolute atomic E-state index is 0.0561. The van der Waals surface area contributed by atoms with Crippen LogP contribution in [0.4, 0.5) is 4.79 Å². The summed E-state index contributed by atoms with van der Waals surface area (Å²) in [4.78, 5) is 31.1. The number of carbonyl (C=O) groups excluding carboxylic acids is 2. The Kier molecular flexibility index (Phi) is 14.5. The molecule has 13 heteroatoms. The Morgan fingerprint density at radius 3 is 2.36 bits per heavy atom. The summed E-state index contributed by atoms with van der Waals surface area (Å²) >= 11 is 0. The van der Waals surface area contributed by atoms with Crippen molar-refractivity contribution in [2.75, 3.05) is 13.2 Å². The monoisotopic (exact) mass is 650 g/mol. The lowest BCUT2D eigenvalue weighted by atomic mass is 9.85. The average Bonchev–Trinajstić information content (AvgIpc) is 3.43. The maximum absolute atomic E-state index is 14.0. The van der Waals surface area contributed by atoms with Crippen LogP contribution >= 0.6 is 7.60 Å². The molecule has 12 nitrogen and oxygen atoms in total. The second-order valence-corrected chi connectivity index (χ2v) is 14.5. The summed E-state index contributed by atoms with van der Waals surface area (Å²) in [5.74, 6) is -1.95. The van der Waals surface area contributed by atoms with Gasteiger partial charge in [-0.1, -0.05) is 62.4 Å². The Hall–Kier alpha value is -2.76. The minimum Gasteiger partial charge on any atom is -0.444 e. The Morgan fingerprint density at radius 2 is 1.73 bits per heavy atom. The molecule has 2 aromatic rings. The summed E-state index contributed by atoms with van der Waals surface area (Å²) in [6.45, 7) is 9.23. The van der Waals surface area contributed by atoms with Gasteiger partial charge in [-0.05, 0) is 52.5 Å². The molecule has 1 saturated carbocycles. The number of carbonyl (C=O) groups is 2. The molecule has 1 aliphatic carbocycles. The number of benzene rings is 1. The van der Waals surface area contributed by atoms with Crippen molar-refractivity contribution >= 4 is 19.6 Å². The predicted molar refractivity (Wildman–Crippen MR) is 170 cm³/mol. The normalized spacial score (nSPS) is 16.5. The molecule has 3 atom stereocenters. The first-order chi connectivity index (χ1) is 21.4. The zero-order valence-corrected chi connectivity index (χ0v) is 28.2. The molecule has 1 aliphatic rings. The van der Waals surface area contributed by atoms with Crippen LogP contribution < -0.4 is 10.6 Å². The second-order valence-electron chi connectivity index (χ2n) is 12.4. The smallest absolute Gasteiger partial charge is 0.408 e. The van der Waals surface area contributed by atoms with Gasteiger partial charge in [-0.3, -0.25) is 9.36 Å². The summed E-state index contributed by atoms with van der Waals surface area (Å²) in [6, 6.07) is 7.70. The lowest BCUT2D eigenvalue weighted by Gasteiger charge is -2.34. The van der Waals surface area contributed by atoms with Gasteiger partial charge in [-0.2, -0.15) is 0 Å². The molecular weight excluding hydrogens is 599 g/mol. The number of nitrogens with one attached hydrogen (secondary N) is 2. The summed E-state index contributed by atoms with van der Waals surface area (Å²) < 4.78 is 37.6. The molecular formula is C32H51N4O8P. The number of aliphatic hydroxyl groups excluding tert-OH is 1. The van der Waals surface area contributed by atoms with Crippen LogP contribution in [-0.2, 0) is 47.6 Å². The highest BCUT2D eigenvalue weighted by Gasteiger charge is 2.42. The molecule has 0 bridgehead atoms. The number of ether oxygens (including phenoxy) is 2. The number of rotatable bonds is 17. The third-order valence-electron chi connectivity index (χ3n) is 7.50. The first-order valence-electron chi connectivity index (χ1n) is 15.9. The van der Waals surface area contributed by atoms with E-state index in [0.29, 0.717) is 18.7 Å². The predicted octanol–water partition coefficient (Wildman–Crippen LogP) is 5.53. The van der Waals surface area contributed by atoms with Crippen molar-refractivity contribution in [1.82, 2.24) is 20.2 Å². The summed E-state index contributed by atoms with van der Waals surface area (Å²) in [5, 5.41) is 17.0. The van der Waals surface area contributed by atoms with Gasteiger partial charge in [0.15, 0.2) is 5.85 Å². The van der Waals surface area contributed by atoms with Gasteiger partial charge in [0.25, 0.3) is 0 Å². The number of imidazole rings is 1. The van der Waals surface area contributed by atoms with Gasteiger partial charge in [-0.25, -0.2) is 9.78 Å². The van der Waals surface area contributed by atoms with E-state index in [-0.39, 0.29) is 32.3 Å². The molecule has 1 unspecified atom stereocenters. The molecule has 3 rings (SSSR count). The van der Waals surface area contributed by atoms with Gasteiger partial charge < -0.3 is 38.8 Å². The van der Waals surface area contributed by atoms with E-state index in [2.05, 4.69) is 15.6 Å². The van der Waals surface area contributed by atoms with Gasteiger partial charge in [0.05, 0.1) is 32.2 Å². The molecule has 252 valence electrons. The van der Waals surface area contributed by atoms with Gasteiger partial charge in [0.1, 0.15) is 18.4 Å². The molecule has 0 spiro atoms. The van der Waals surface area contributed by atoms with E-state index in [9.17, 15) is 19.3 Å². The van der Waals surface area contributed by atoms with E-state index in [1.165, 1.54) is 0 Å². The van der Waals surface area contributed by atoms with Crippen molar-refractivity contribution in [1.29, 1.82) is 0 Å². The molecule has 1 aromatic heterocycles. The van der Waals surface area contributed by atoms with Crippen LogP contribution in [0.1, 0.15) is 84.4 Å². The maximum atomic E-state index is 14.0. The molecule has 3 N–H and O–H groups in total. The van der Waals surface area contributed by atoms with Crippen LogP contribution in [0, 0.1) is 5.92 Å². The quantitative estimate of drug-likeness (QED) is 0.188. The fraction of sp³-hybridized carbons (Fsp3) is 0.656. The highest BCUT2D eigenvalue weighted by atomic mass is 31.2.